The number of pyridine rings is 1. The summed E-state index contributed by atoms with van der Waals surface area (Å²) < 4.78 is 13.2. The molecule has 6 N–H and O–H groups in total. The number of nitrogens with one attached hydrogen (secondary N) is 5. The number of carbonyl (C=O) groups excluding carboxylic acids is 3. The van der Waals surface area contributed by atoms with Gasteiger partial charge in [-0.25, -0.2) is 4.68 Å². The van der Waals surface area contributed by atoms with E-state index in [1.54, 1.807) is 21.3 Å². The number of anilines is 1. The first-order chi connectivity index (χ1) is 36.8. The highest BCUT2D eigenvalue weighted by Gasteiger charge is 2.43. The van der Waals surface area contributed by atoms with Gasteiger partial charge in [0.2, 0.25) is 11.8 Å². The Balaban J connectivity index is 0.870. The average Bonchev–Trinajstić information content (AvgIpc) is 4.20. The van der Waals surface area contributed by atoms with Crippen molar-refractivity contribution in [1.29, 1.82) is 0 Å². The van der Waals surface area contributed by atoms with Crippen LogP contribution in [-0.2, 0) is 32.2 Å². The number of nitrogens with zero attached hydrogens (tertiary/aromatic N) is 5. The Bertz CT molecular complexity index is 3030. The summed E-state index contributed by atoms with van der Waals surface area (Å²) in [5, 5.41) is 32.4. The number of amides is 3. The van der Waals surface area contributed by atoms with Gasteiger partial charge < -0.3 is 50.6 Å². The van der Waals surface area contributed by atoms with Gasteiger partial charge in [0.1, 0.15) is 18.3 Å². The summed E-state index contributed by atoms with van der Waals surface area (Å²) in [5.74, 6) is -0.120. The second-order valence-corrected chi connectivity index (χ2v) is 22.6. The number of aromatic nitrogens is 4. The Morgan fingerprint density at radius 3 is 2.34 bits per heavy atom. The Morgan fingerprint density at radius 2 is 1.68 bits per heavy atom. The van der Waals surface area contributed by atoms with E-state index in [0.717, 1.165) is 70.0 Å². The fourth-order valence-electron chi connectivity index (χ4n) is 10.6. The molecule has 0 aliphatic carbocycles. The van der Waals surface area contributed by atoms with Crippen molar-refractivity contribution in [3.05, 3.63) is 140 Å². The quantitative estimate of drug-likeness (QED) is 0.0418. The molecule has 3 amide bonds. The van der Waals surface area contributed by atoms with Crippen LogP contribution in [0.1, 0.15) is 111 Å². The van der Waals surface area contributed by atoms with Crippen molar-refractivity contribution in [2.75, 3.05) is 50.3 Å². The topological polar surface area (TPSA) is 208 Å². The molecule has 410 valence electrons. The first-order valence-corrected chi connectivity index (χ1v) is 27.7. The number of β-amino-alcohol motifs (C(OH)–C–C–N with tert-alkyl or cyclic N) is 1. The molecule has 0 spiro atoms. The van der Waals surface area contributed by atoms with E-state index in [0.29, 0.717) is 48.7 Å². The summed E-state index contributed by atoms with van der Waals surface area (Å²) in [5.41, 5.74) is 11.0. The van der Waals surface area contributed by atoms with Gasteiger partial charge in [-0.3, -0.25) is 19.2 Å². The molecule has 17 nitrogen and oxygen atoms in total. The third-order valence-corrected chi connectivity index (χ3v) is 16.0. The number of ether oxygens (including phenoxy) is 2. The van der Waals surface area contributed by atoms with Crippen molar-refractivity contribution in [3.8, 4) is 22.4 Å². The van der Waals surface area contributed by atoms with Crippen molar-refractivity contribution in [2.24, 2.45) is 5.41 Å². The van der Waals surface area contributed by atoms with Crippen molar-refractivity contribution in [1.82, 2.24) is 46.1 Å². The van der Waals surface area contributed by atoms with Gasteiger partial charge in [0.25, 0.3) is 11.5 Å². The number of aliphatic hydroxyl groups excluding tert-OH is 1. The lowest BCUT2D eigenvalue weighted by Gasteiger charge is -2.37. The number of hydrogen-bond acceptors (Lipinski definition) is 13. The van der Waals surface area contributed by atoms with Gasteiger partial charge in [-0.1, -0.05) is 81.1 Å². The van der Waals surface area contributed by atoms with Crippen molar-refractivity contribution < 1.29 is 29.0 Å². The molecule has 3 aliphatic rings. The number of aromatic amines is 1. The highest BCUT2D eigenvalue weighted by atomic mass is 32.2. The minimum Gasteiger partial charge on any atom is -0.391 e. The van der Waals surface area contributed by atoms with Crippen LogP contribution in [0, 0.1) is 26.2 Å². The van der Waals surface area contributed by atoms with E-state index < -0.39 is 29.5 Å². The van der Waals surface area contributed by atoms with Gasteiger partial charge in [0.05, 0.1) is 37.4 Å². The van der Waals surface area contributed by atoms with Crippen LogP contribution in [0.4, 0.5) is 5.69 Å². The predicted octanol–water partition coefficient (Wildman–Crippen LogP) is 7.52. The lowest BCUT2D eigenvalue weighted by Crippen LogP contribution is -2.57. The summed E-state index contributed by atoms with van der Waals surface area (Å²) in [6.07, 6.45) is 3.20. The lowest BCUT2D eigenvalue weighted by molar-refractivity contribution is -0.141. The maximum absolute atomic E-state index is 14.3. The van der Waals surface area contributed by atoms with Crippen molar-refractivity contribution in [3.63, 3.8) is 0 Å². The summed E-state index contributed by atoms with van der Waals surface area (Å²) >= 11 is 1.79. The van der Waals surface area contributed by atoms with E-state index in [1.165, 1.54) is 16.2 Å². The molecule has 5 aromatic rings. The minimum atomic E-state index is -0.890. The monoisotopic (exact) mass is 1070 g/mol. The van der Waals surface area contributed by atoms with Gasteiger partial charge in [0, 0.05) is 95.7 Å². The van der Waals surface area contributed by atoms with E-state index in [4.69, 9.17) is 9.47 Å². The summed E-state index contributed by atoms with van der Waals surface area (Å²) in [7, 11) is 0. The van der Waals surface area contributed by atoms with Crippen molar-refractivity contribution in [2.45, 2.75) is 125 Å². The van der Waals surface area contributed by atoms with E-state index in [2.05, 4.69) is 92.2 Å². The van der Waals surface area contributed by atoms with E-state index in [-0.39, 0.29) is 55.8 Å². The standard InChI is InChI=1S/C59H76N10O7S/c1-11-68(46-20-23-75-24-21-46)51-28-45(27-48(37(51)4)56(72)60-30-49-35(2)26-36(3)62-57(49)73)42-14-16-43(17-15-42)50-32-67(66-65-50)22-25-76-33-53(71)64-55(59(8,9)10)58(74)69-31-47(70)29-52(69)39(6)63-38(5)41-12-18-44(19-13-41)54-40(7)61-34-77-54/h12-19,26-28,32,38,46-47,52,55,61,63,70H,6,11,20-25,29-31,33-34H2,1-5,7-10H3,(H,60,72)(H,62,73)(H,64,71)/t38-,47+,52-,55+/m0/s1. The predicted molar refractivity (Wildman–Crippen MR) is 304 cm³/mol. The fraction of sp³-hybridized carbons (Fsp3) is 0.458. The molecule has 0 unspecified atom stereocenters. The molecule has 0 saturated carbocycles. The van der Waals surface area contributed by atoms with Crippen LogP contribution in [0.15, 0.2) is 95.7 Å². The number of rotatable bonds is 20. The third kappa shape index (κ3) is 13.5. The minimum absolute atomic E-state index is 0.101. The fourth-order valence-corrected chi connectivity index (χ4v) is 11.6. The number of likely N-dealkylation sites (tertiary alicyclic amines) is 1. The van der Waals surface area contributed by atoms with Crippen LogP contribution in [0.2, 0.25) is 0 Å². The Kier molecular flexibility index (Phi) is 18.1. The van der Waals surface area contributed by atoms with Crippen molar-refractivity contribution >= 4 is 40.1 Å². The molecule has 18 heteroatoms. The molecular formula is C59H76N10O7S. The molecule has 0 bridgehead atoms. The zero-order valence-corrected chi connectivity index (χ0v) is 46.9. The van der Waals surface area contributed by atoms with E-state index in [9.17, 15) is 24.3 Å². The van der Waals surface area contributed by atoms with Crippen LogP contribution in [0.5, 0.6) is 0 Å². The summed E-state index contributed by atoms with van der Waals surface area (Å²) in [6, 6.07) is 21.2. The third-order valence-electron chi connectivity index (χ3n) is 14.9. The second-order valence-electron chi connectivity index (χ2n) is 21.6. The number of allylic oxidation sites excluding steroid dienone is 1. The van der Waals surface area contributed by atoms with Gasteiger partial charge in [0.15, 0.2) is 0 Å². The SMILES string of the molecule is C=C(N[C@@H](C)c1ccc(C2=C(C)NCS2)cc1)[C@@H]1C[C@@H](O)CN1C(=O)[C@@H](NC(=O)COCCn1cc(-c2ccc(-c3cc(C(=O)NCc4c(C)cc(C)[nH]c4=O)c(C)c(N(CC)C4CCOCC4)c3)cc2)nn1)C(C)(C)C. The Morgan fingerprint density at radius 1 is 0.974 bits per heavy atom. The molecule has 3 aromatic carbocycles. The zero-order chi connectivity index (χ0) is 55.1. The number of thioether (sulfide) groups is 1. The molecule has 4 atom stereocenters. The lowest BCUT2D eigenvalue weighted by atomic mass is 9.85. The number of benzene rings is 3. The smallest absolute Gasteiger partial charge is 0.253 e. The van der Waals surface area contributed by atoms with E-state index in [1.807, 2.05) is 91.1 Å². The Labute approximate surface area is 456 Å². The first kappa shape index (κ1) is 56.5. The highest BCUT2D eigenvalue weighted by Crippen LogP contribution is 2.37. The number of aliphatic hydroxyl groups is 1. The largest absolute Gasteiger partial charge is 0.391 e. The summed E-state index contributed by atoms with van der Waals surface area (Å²) in [4.78, 5) is 62.7. The average molecular weight is 1070 g/mol. The highest BCUT2D eigenvalue weighted by molar-refractivity contribution is 8.08. The molecular weight excluding hydrogens is 993 g/mol. The maximum atomic E-state index is 14.3. The molecule has 2 saturated heterocycles. The second kappa shape index (κ2) is 24.7. The van der Waals surface area contributed by atoms with Gasteiger partial charge in [-0.2, -0.15) is 0 Å². The van der Waals surface area contributed by atoms with Crippen LogP contribution in [0.25, 0.3) is 27.3 Å². The van der Waals surface area contributed by atoms with Crippen LogP contribution < -0.4 is 31.7 Å². The first-order valence-electron chi connectivity index (χ1n) is 26.8. The number of aryl methyl sites for hydroxylation is 2. The van der Waals surface area contributed by atoms with Crippen LogP contribution >= 0.6 is 11.8 Å². The van der Waals surface area contributed by atoms with Crippen LogP contribution in [-0.4, -0.2) is 117 Å². The van der Waals surface area contributed by atoms with Gasteiger partial charge in [-0.05, 0) is 111 Å². The van der Waals surface area contributed by atoms with Gasteiger partial charge in [-0.15, -0.1) is 16.9 Å². The molecule has 0 radical (unpaired) electrons. The molecule has 77 heavy (non-hydrogen) atoms. The maximum Gasteiger partial charge on any atom is 0.253 e. The molecule has 2 fully saturated rings. The number of carbonyl (C=O) groups is 3. The number of hydrogen-bond donors (Lipinski definition) is 6. The normalized spacial score (nSPS) is 17.7. The van der Waals surface area contributed by atoms with Crippen LogP contribution in [0.3, 0.4) is 0 Å². The Hall–Kier alpha value is -6.73. The molecule has 5 heterocycles. The molecule has 3 aliphatic heterocycles. The molecule has 2 aromatic heterocycles. The van der Waals surface area contributed by atoms with E-state index >= 15 is 0 Å². The summed E-state index contributed by atoms with van der Waals surface area (Å²) in [6.45, 7) is 24.6. The number of H-pyrrole nitrogens is 1. The zero-order valence-electron chi connectivity index (χ0n) is 46.0. The molecule has 8 rings (SSSR count). The van der Waals surface area contributed by atoms with Gasteiger partial charge >= 0.3 is 0 Å².